The van der Waals surface area contributed by atoms with Gasteiger partial charge in [-0.3, -0.25) is 0 Å². The molecule has 0 aliphatic heterocycles. The van der Waals surface area contributed by atoms with Crippen LogP contribution in [-0.2, 0) is 6.54 Å². The number of halogens is 1. The lowest BCUT2D eigenvalue weighted by atomic mass is 10.2. The molecule has 3 rings (SSSR count). The second kappa shape index (κ2) is 5.95. The second-order valence-electron chi connectivity index (χ2n) is 4.51. The van der Waals surface area contributed by atoms with E-state index in [1.54, 1.807) is 18.3 Å². The van der Waals surface area contributed by atoms with Crippen LogP contribution in [0.1, 0.15) is 5.69 Å². The molecule has 0 spiro atoms. The number of nitrogen functional groups attached to an aromatic ring is 1. The monoisotopic (exact) mass is 299 g/mol. The zero-order chi connectivity index (χ0) is 14.7. The van der Waals surface area contributed by atoms with Gasteiger partial charge in [-0.2, -0.15) is 0 Å². The number of benzene rings is 1. The van der Waals surface area contributed by atoms with E-state index in [1.807, 2.05) is 41.1 Å². The van der Waals surface area contributed by atoms with Crippen molar-refractivity contribution in [3.8, 4) is 11.4 Å². The van der Waals surface area contributed by atoms with Gasteiger partial charge in [0, 0.05) is 18.0 Å². The van der Waals surface area contributed by atoms with E-state index >= 15 is 0 Å². The van der Waals surface area contributed by atoms with E-state index in [4.69, 9.17) is 17.4 Å². The average Bonchev–Trinajstić information content (AvgIpc) is 2.98. The van der Waals surface area contributed by atoms with Gasteiger partial charge in [-0.15, -0.1) is 0 Å². The van der Waals surface area contributed by atoms with E-state index in [0.717, 1.165) is 17.1 Å². The van der Waals surface area contributed by atoms with Crippen molar-refractivity contribution in [2.45, 2.75) is 6.54 Å². The molecule has 0 aliphatic rings. The molecule has 0 radical (unpaired) electrons. The van der Waals surface area contributed by atoms with Crippen LogP contribution < -0.4 is 11.3 Å². The van der Waals surface area contributed by atoms with Crippen LogP contribution in [0.4, 0.5) is 5.82 Å². The lowest BCUT2D eigenvalue weighted by molar-refractivity contribution is 0.782. The van der Waals surface area contributed by atoms with E-state index in [1.165, 1.54) is 0 Å². The van der Waals surface area contributed by atoms with Gasteiger partial charge in [0.05, 0.1) is 17.3 Å². The fraction of sp³-hybridized carbons (Fsp3) is 0.0667. The fourth-order valence-electron chi connectivity index (χ4n) is 2.12. The van der Waals surface area contributed by atoms with Gasteiger partial charge in [-0.05, 0) is 12.1 Å². The molecule has 3 N–H and O–H groups in total. The van der Waals surface area contributed by atoms with Gasteiger partial charge in [0.1, 0.15) is 11.6 Å². The summed E-state index contributed by atoms with van der Waals surface area (Å²) in [6.07, 6.45) is 3.67. The van der Waals surface area contributed by atoms with Crippen LogP contribution in [-0.4, -0.2) is 14.5 Å². The Hall–Kier alpha value is -2.37. The summed E-state index contributed by atoms with van der Waals surface area (Å²) in [4.78, 5) is 8.79. The molecule has 6 heteroatoms. The van der Waals surface area contributed by atoms with Crippen molar-refractivity contribution in [3.05, 3.63) is 65.6 Å². The van der Waals surface area contributed by atoms with Crippen LogP contribution in [0.15, 0.2) is 54.9 Å². The number of hydrogen-bond donors (Lipinski definition) is 2. The molecule has 0 bridgehead atoms. The first-order chi connectivity index (χ1) is 10.3. The number of hydrogen-bond acceptors (Lipinski definition) is 4. The molecule has 21 heavy (non-hydrogen) atoms. The number of nitrogens with zero attached hydrogens (tertiary/aromatic N) is 3. The molecule has 0 fully saturated rings. The number of aromatic nitrogens is 3. The summed E-state index contributed by atoms with van der Waals surface area (Å²) < 4.78 is 2.00. The molecule has 106 valence electrons. The minimum absolute atomic E-state index is 0.526. The lowest BCUT2D eigenvalue weighted by Gasteiger charge is -2.10. The van der Waals surface area contributed by atoms with E-state index in [9.17, 15) is 0 Å². The number of nitrogens with one attached hydrogen (secondary N) is 1. The van der Waals surface area contributed by atoms with Crippen molar-refractivity contribution in [3.63, 3.8) is 0 Å². The Bertz CT molecular complexity index is 739. The van der Waals surface area contributed by atoms with Crippen LogP contribution in [0, 0.1) is 0 Å². The molecule has 5 nitrogen and oxygen atoms in total. The summed E-state index contributed by atoms with van der Waals surface area (Å²) in [5.74, 6) is 6.84. The van der Waals surface area contributed by atoms with Gasteiger partial charge in [-0.1, -0.05) is 41.9 Å². The van der Waals surface area contributed by atoms with Crippen LogP contribution in [0.3, 0.4) is 0 Å². The van der Waals surface area contributed by atoms with Crippen LogP contribution in [0.25, 0.3) is 11.4 Å². The molecule has 1 aromatic carbocycles. The second-order valence-corrected chi connectivity index (χ2v) is 4.92. The van der Waals surface area contributed by atoms with Crippen molar-refractivity contribution in [2.75, 3.05) is 5.43 Å². The summed E-state index contributed by atoms with van der Waals surface area (Å²) >= 11 is 6.20. The molecular weight excluding hydrogens is 286 g/mol. The quantitative estimate of drug-likeness (QED) is 0.574. The van der Waals surface area contributed by atoms with Crippen LogP contribution >= 0.6 is 11.6 Å². The Morgan fingerprint density at radius 1 is 1.14 bits per heavy atom. The molecule has 0 unspecified atom stereocenters. The third-order valence-electron chi connectivity index (χ3n) is 3.13. The third kappa shape index (κ3) is 2.89. The molecule has 0 amide bonds. The predicted molar refractivity (Wildman–Crippen MR) is 83.8 cm³/mol. The Labute approximate surface area is 127 Å². The highest BCUT2D eigenvalue weighted by atomic mass is 35.5. The lowest BCUT2D eigenvalue weighted by Crippen LogP contribution is -2.11. The van der Waals surface area contributed by atoms with Gasteiger partial charge >= 0.3 is 0 Å². The number of imidazole rings is 1. The van der Waals surface area contributed by atoms with Crippen molar-refractivity contribution in [1.29, 1.82) is 0 Å². The van der Waals surface area contributed by atoms with Crippen molar-refractivity contribution >= 4 is 17.4 Å². The predicted octanol–water partition coefficient (Wildman–Crippen LogP) is 2.93. The third-order valence-corrected chi connectivity index (χ3v) is 3.48. The molecule has 0 aliphatic carbocycles. The van der Waals surface area contributed by atoms with Crippen molar-refractivity contribution in [1.82, 2.24) is 14.5 Å². The maximum absolute atomic E-state index is 6.20. The fourth-order valence-corrected chi connectivity index (χ4v) is 2.29. The number of anilines is 1. The zero-order valence-electron chi connectivity index (χ0n) is 11.2. The molecule has 3 aromatic rings. The zero-order valence-corrected chi connectivity index (χ0v) is 12.0. The Morgan fingerprint density at radius 3 is 2.71 bits per heavy atom. The molecular formula is C15H14ClN5. The average molecular weight is 300 g/mol. The molecule has 0 saturated carbocycles. The number of pyridine rings is 1. The van der Waals surface area contributed by atoms with Crippen LogP contribution in [0.5, 0.6) is 0 Å². The topological polar surface area (TPSA) is 68.8 Å². The van der Waals surface area contributed by atoms with Gasteiger partial charge in [0.25, 0.3) is 0 Å². The Morgan fingerprint density at radius 2 is 1.95 bits per heavy atom. The number of nitrogens with two attached hydrogens (primary N) is 1. The van der Waals surface area contributed by atoms with E-state index < -0.39 is 0 Å². The first-order valence-corrected chi connectivity index (χ1v) is 6.84. The summed E-state index contributed by atoms with van der Waals surface area (Å²) in [6, 6.07) is 13.5. The normalized spacial score (nSPS) is 10.6. The summed E-state index contributed by atoms with van der Waals surface area (Å²) in [5.41, 5.74) is 4.31. The SMILES string of the molecule is NNc1ccc(Cl)c(Cn2ccnc2-c2ccccc2)n1. The Balaban J connectivity index is 1.95. The Kier molecular flexibility index (Phi) is 3.85. The highest BCUT2D eigenvalue weighted by molar-refractivity contribution is 6.31. The summed E-state index contributed by atoms with van der Waals surface area (Å²) in [7, 11) is 0. The molecule has 2 aromatic heterocycles. The van der Waals surface area contributed by atoms with Gasteiger partial charge in [-0.25, -0.2) is 15.8 Å². The first kappa shape index (κ1) is 13.6. The number of rotatable bonds is 4. The highest BCUT2D eigenvalue weighted by Gasteiger charge is 2.09. The largest absolute Gasteiger partial charge is 0.325 e. The minimum atomic E-state index is 0.526. The molecule has 2 heterocycles. The first-order valence-electron chi connectivity index (χ1n) is 6.46. The van der Waals surface area contributed by atoms with Gasteiger partial charge in [0.2, 0.25) is 0 Å². The van der Waals surface area contributed by atoms with Crippen LogP contribution in [0.2, 0.25) is 5.02 Å². The number of hydrazine groups is 1. The standard InChI is InChI=1S/C15H14ClN5/c16-12-6-7-14(20-17)19-13(12)10-21-9-8-18-15(21)11-4-2-1-3-5-11/h1-9H,10,17H2,(H,19,20). The highest BCUT2D eigenvalue weighted by Crippen LogP contribution is 2.21. The van der Waals surface area contributed by atoms with E-state index in [0.29, 0.717) is 17.4 Å². The summed E-state index contributed by atoms with van der Waals surface area (Å²) in [5, 5.41) is 0.599. The van der Waals surface area contributed by atoms with Crippen molar-refractivity contribution < 1.29 is 0 Å². The molecule has 0 atom stereocenters. The molecule has 0 saturated heterocycles. The summed E-state index contributed by atoms with van der Waals surface area (Å²) in [6.45, 7) is 0.526. The van der Waals surface area contributed by atoms with Gasteiger partial charge in [0.15, 0.2) is 0 Å². The minimum Gasteiger partial charge on any atom is -0.325 e. The van der Waals surface area contributed by atoms with Gasteiger partial charge < -0.3 is 9.99 Å². The maximum atomic E-state index is 6.20. The van der Waals surface area contributed by atoms with Crippen molar-refractivity contribution in [2.24, 2.45) is 5.84 Å². The van der Waals surface area contributed by atoms with E-state index in [2.05, 4.69) is 15.4 Å². The smallest absolute Gasteiger partial charge is 0.140 e. The maximum Gasteiger partial charge on any atom is 0.140 e. The van der Waals surface area contributed by atoms with E-state index in [-0.39, 0.29) is 0 Å².